The molecule has 9 heteroatoms. The monoisotopic (exact) mass is 483 g/mol. The van der Waals surface area contributed by atoms with Crippen molar-refractivity contribution >= 4 is 57.7 Å². The number of likely N-dealkylation sites (tertiary alicyclic amines) is 1. The summed E-state index contributed by atoms with van der Waals surface area (Å²) in [5.74, 6) is 0.833. The van der Waals surface area contributed by atoms with Crippen molar-refractivity contribution in [1.82, 2.24) is 14.9 Å². The van der Waals surface area contributed by atoms with Crippen LogP contribution < -0.4 is 9.80 Å². The minimum absolute atomic E-state index is 0.0134. The molecule has 0 aliphatic carbocycles. The van der Waals surface area contributed by atoms with E-state index in [2.05, 4.69) is 0 Å². The maximum absolute atomic E-state index is 13.6. The summed E-state index contributed by atoms with van der Waals surface area (Å²) in [5, 5.41) is 0.745. The number of piperidine rings is 1. The highest BCUT2D eigenvalue weighted by Crippen LogP contribution is 2.33. The van der Waals surface area contributed by atoms with Gasteiger partial charge in [0.25, 0.3) is 5.91 Å². The highest BCUT2D eigenvalue weighted by molar-refractivity contribution is 6.42. The Labute approximate surface area is 201 Å². The Hall–Kier alpha value is -2.90. The van der Waals surface area contributed by atoms with Crippen LogP contribution in [0.1, 0.15) is 23.2 Å². The van der Waals surface area contributed by atoms with Crippen molar-refractivity contribution in [2.24, 2.45) is 5.92 Å². The van der Waals surface area contributed by atoms with Crippen LogP contribution in [0.15, 0.2) is 42.5 Å². The predicted molar refractivity (Wildman–Crippen MR) is 130 cm³/mol. The van der Waals surface area contributed by atoms with Crippen LogP contribution in [-0.2, 0) is 4.79 Å². The van der Waals surface area contributed by atoms with Gasteiger partial charge in [0.1, 0.15) is 0 Å². The molecule has 7 nitrogen and oxygen atoms in total. The zero-order valence-corrected chi connectivity index (χ0v) is 19.7. The molecule has 2 amide bonds. The quantitative estimate of drug-likeness (QED) is 0.544. The second-order valence-corrected chi connectivity index (χ2v) is 9.30. The molecule has 1 fully saturated rings. The number of benzene rings is 2. The molecule has 0 bridgehead atoms. The van der Waals surface area contributed by atoms with E-state index >= 15 is 0 Å². The van der Waals surface area contributed by atoms with Crippen molar-refractivity contribution < 1.29 is 9.59 Å². The molecule has 5 rings (SSSR count). The second-order valence-electron chi connectivity index (χ2n) is 8.49. The van der Waals surface area contributed by atoms with Gasteiger partial charge in [-0.05, 0) is 43.2 Å². The van der Waals surface area contributed by atoms with E-state index in [1.54, 1.807) is 28.0 Å². The van der Waals surface area contributed by atoms with Gasteiger partial charge in [-0.2, -0.15) is 0 Å². The molecule has 1 saturated heterocycles. The number of halogens is 2. The summed E-state index contributed by atoms with van der Waals surface area (Å²) in [6.07, 6.45) is 1.49. The molecule has 3 aromatic rings. The van der Waals surface area contributed by atoms with E-state index in [9.17, 15) is 9.59 Å². The van der Waals surface area contributed by atoms with Gasteiger partial charge >= 0.3 is 0 Å². The zero-order valence-electron chi connectivity index (χ0n) is 18.2. The lowest BCUT2D eigenvalue weighted by Gasteiger charge is -2.38. The number of hydrogen-bond donors (Lipinski definition) is 0. The Kier molecular flexibility index (Phi) is 5.85. The summed E-state index contributed by atoms with van der Waals surface area (Å²) in [7, 11) is 1.96. The summed E-state index contributed by atoms with van der Waals surface area (Å²) < 4.78 is 0. The van der Waals surface area contributed by atoms with Gasteiger partial charge in [-0.1, -0.05) is 35.3 Å². The Morgan fingerprint density at radius 3 is 2.39 bits per heavy atom. The second kappa shape index (κ2) is 8.80. The van der Waals surface area contributed by atoms with E-state index in [0.717, 1.165) is 23.9 Å². The molecule has 1 aromatic heterocycles. The lowest BCUT2D eigenvalue weighted by molar-refractivity contribution is -0.123. The number of hydrogen-bond acceptors (Lipinski definition) is 5. The smallest absolute Gasteiger partial charge is 0.253 e. The molecule has 0 radical (unpaired) electrons. The lowest BCUT2D eigenvalue weighted by Crippen LogP contribution is -2.50. The van der Waals surface area contributed by atoms with E-state index in [1.165, 1.54) is 0 Å². The van der Waals surface area contributed by atoms with Crippen molar-refractivity contribution in [3.05, 3.63) is 58.1 Å². The fraction of sp³-hybridized carbons (Fsp3) is 0.333. The molecule has 1 atom stereocenters. The van der Waals surface area contributed by atoms with Gasteiger partial charge in [-0.15, -0.1) is 0 Å². The van der Waals surface area contributed by atoms with Crippen molar-refractivity contribution in [1.29, 1.82) is 0 Å². The molecule has 2 aromatic carbocycles. The summed E-state index contributed by atoms with van der Waals surface area (Å²) >= 11 is 12.1. The molecule has 0 spiro atoms. The maximum Gasteiger partial charge on any atom is 0.253 e. The third-order valence-corrected chi connectivity index (χ3v) is 7.04. The first-order chi connectivity index (χ1) is 15.9. The average molecular weight is 484 g/mol. The fourth-order valence-electron chi connectivity index (χ4n) is 4.49. The Morgan fingerprint density at radius 2 is 1.67 bits per heavy atom. The maximum atomic E-state index is 13.6. The van der Waals surface area contributed by atoms with Crippen LogP contribution >= 0.6 is 23.2 Å². The molecule has 2 aliphatic heterocycles. The van der Waals surface area contributed by atoms with Gasteiger partial charge in [-0.3, -0.25) is 14.5 Å². The minimum atomic E-state index is -0.296. The van der Waals surface area contributed by atoms with Crippen LogP contribution in [0.3, 0.4) is 0 Å². The normalized spacial score (nSPS) is 18.4. The summed E-state index contributed by atoms with van der Waals surface area (Å²) in [6, 6.07) is 12.5. The molecule has 2 aliphatic rings. The predicted octanol–water partition coefficient (Wildman–Crippen LogP) is 4.27. The molecule has 0 unspecified atom stereocenters. The number of carbonyl (C=O) groups is 2. The fourth-order valence-corrected chi connectivity index (χ4v) is 4.79. The molecular weight excluding hydrogens is 461 g/mol. The van der Waals surface area contributed by atoms with Crippen LogP contribution in [0.25, 0.3) is 11.0 Å². The van der Waals surface area contributed by atoms with Crippen molar-refractivity contribution in [3.8, 4) is 0 Å². The summed E-state index contributed by atoms with van der Waals surface area (Å²) in [5.41, 5.74) is 2.03. The summed E-state index contributed by atoms with van der Waals surface area (Å²) in [4.78, 5) is 41.7. The van der Waals surface area contributed by atoms with Crippen molar-refractivity contribution in [2.45, 2.75) is 12.8 Å². The number of fused-ring (bicyclic) bond motifs is 2. The first-order valence-electron chi connectivity index (χ1n) is 11.0. The largest absolute Gasteiger partial charge is 0.355 e. The molecule has 0 saturated carbocycles. The first kappa shape index (κ1) is 21.9. The topological polar surface area (TPSA) is 69.6 Å². The number of rotatable bonds is 2. The number of carbonyl (C=O) groups excluding carboxylic acids is 2. The van der Waals surface area contributed by atoms with E-state index < -0.39 is 0 Å². The molecule has 0 N–H and O–H groups in total. The van der Waals surface area contributed by atoms with E-state index in [-0.39, 0.29) is 17.7 Å². The van der Waals surface area contributed by atoms with Gasteiger partial charge in [0.15, 0.2) is 11.6 Å². The number of anilines is 2. The third kappa shape index (κ3) is 4.11. The lowest BCUT2D eigenvalue weighted by atomic mass is 9.95. The van der Waals surface area contributed by atoms with Gasteiger partial charge in [0, 0.05) is 38.8 Å². The van der Waals surface area contributed by atoms with Crippen LogP contribution in [0.2, 0.25) is 10.0 Å². The van der Waals surface area contributed by atoms with Gasteiger partial charge < -0.3 is 9.80 Å². The highest BCUT2D eigenvalue weighted by Gasteiger charge is 2.36. The average Bonchev–Trinajstić information content (AvgIpc) is 2.84. The highest BCUT2D eigenvalue weighted by atomic mass is 35.5. The first-order valence-corrected chi connectivity index (χ1v) is 11.7. The molecule has 3 heterocycles. The van der Waals surface area contributed by atoms with Gasteiger partial charge in [-0.25, -0.2) is 9.97 Å². The van der Waals surface area contributed by atoms with Gasteiger partial charge in [0.05, 0.1) is 27.0 Å². The minimum Gasteiger partial charge on any atom is -0.355 e. The van der Waals surface area contributed by atoms with Gasteiger partial charge in [0.2, 0.25) is 5.91 Å². The Balaban J connectivity index is 1.39. The third-order valence-electron chi connectivity index (χ3n) is 6.30. The zero-order chi connectivity index (χ0) is 23.1. The summed E-state index contributed by atoms with van der Waals surface area (Å²) in [6.45, 7) is 2.17. The standard InChI is InChI=1S/C24H23Cl2N5O2/c1-29-11-12-31(22-21(29)27-19-6-2-3-7-20(19)28-22)24(33)16-5-4-10-30(14-16)23(32)15-8-9-17(25)18(26)13-15/h2-3,6-9,13,16H,4-5,10-12,14H2,1H3/t16-/m1/s1. The number of para-hydroxylation sites is 2. The van der Waals surface area contributed by atoms with Crippen molar-refractivity contribution in [3.63, 3.8) is 0 Å². The number of likely N-dealkylation sites (N-methyl/N-ethyl adjacent to an activating group) is 1. The van der Waals surface area contributed by atoms with Crippen LogP contribution in [0, 0.1) is 5.92 Å². The number of aromatic nitrogens is 2. The number of nitrogens with zero attached hydrogens (tertiary/aromatic N) is 5. The van der Waals surface area contributed by atoms with Crippen LogP contribution in [-0.4, -0.2) is 59.9 Å². The van der Waals surface area contributed by atoms with E-state index in [1.807, 2.05) is 36.2 Å². The Morgan fingerprint density at radius 1 is 0.939 bits per heavy atom. The van der Waals surface area contributed by atoms with E-state index in [0.29, 0.717) is 53.4 Å². The molecule has 170 valence electrons. The SMILES string of the molecule is CN1CCN(C(=O)[C@@H]2CCCN(C(=O)c3ccc(Cl)c(Cl)c3)C2)c2nc3ccccc3nc21. The molecular formula is C24H23Cl2N5O2. The van der Waals surface area contributed by atoms with Crippen molar-refractivity contribution in [2.75, 3.05) is 43.0 Å². The Bertz CT molecular complexity index is 1250. The molecule has 33 heavy (non-hydrogen) atoms. The van der Waals surface area contributed by atoms with Crippen LogP contribution in [0.4, 0.5) is 11.6 Å². The van der Waals surface area contributed by atoms with E-state index in [4.69, 9.17) is 33.2 Å². The number of amides is 2. The van der Waals surface area contributed by atoms with Crippen LogP contribution in [0.5, 0.6) is 0 Å².